The average Bonchev–Trinajstić information content (AvgIpc) is 3.22. The van der Waals surface area contributed by atoms with Crippen molar-refractivity contribution in [2.75, 3.05) is 10.6 Å². The number of nitrogens with one attached hydrogen (secondary N) is 2. The van der Waals surface area contributed by atoms with E-state index in [1.807, 2.05) is 0 Å². The number of hydrogen-bond donors (Lipinski definition) is 3. The predicted octanol–water partition coefficient (Wildman–Crippen LogP) is 4.09. The summed E-state index contributed by atoms with van der Waals surface area (Å²) in [4.78, 5) is 28.8. The summed E-state index contributed by atoms with van der Waals surface area (Å²) in [5, 5.41) is 23.7. The van der Waals surface area contributed by atoms with Crippen LogP contribution in [0.25, 0.3) is 10.7 Å². The maximum Gasteiger partial charge on any atom is 0.261 e. The largest absolute Gasteiger partial charge is 0.507 e. The molecular weight excluding hydrogens is 440 g/mol. The Labute approximate surface area is 183 Å². The molecular formula is C21H13F2N5O3S. The number of pyridine rings is 1. The highest BCUT2D eigenvalue weighted by molar-refractivity contribution is 7.18. The molecule has 4 aromatic rings. The quantitative estimate of drug-likeness (QED) is 0.419. The van der Waals surface area contributed by atoms with Crippen LogP contribution < -0.4 is 10.6 Å². The molecule has 0 bridgehead atoms. The van der Waals surface area contributed by atoms with Gasteiger partial charge in [-0.3, -0.25) is 19.9 Å². The number of phenols is 1. The van der Waals surface area contributed by atoms with Crippen LogP contribution >= 0.6 is 11.3 Å². The van der Waals surface area contributed by atoms with Crippen molar-refractivity contribution >= 4 is 34.0 Å². The number of hydrogen-bond acceptors (Lipinski definition) is 7. The van der Waals surface area contributed by atoms with Crippen LogP contribution in [-0.2, 0) is 0 Å². The van der Waals surface area contributed by atoms with Gasteiger partial charge >= 0.3 is 0 Å². The molecule has 8 nitrogen and oxygen atoms in total. The number of anilines is 2. The van der Waals surface area contributed by atoms with Gasteiger partial charge in [0.1, 0.15) is 23.1 Å². The second-order valence-electron chi connectivity index (χ2n) is 6.43. The van der Waals surface area contributed by atoms with E-state index in [4.69, 9.17) is 0 Å². The van der Waals surface area contributed by atoms with Crippen LogP contribution in [0, 0.1) is 11.6 Å². The predicted molar refractivity (Wildman–Crippen MR) is 114 cm³/mol. The van der Waals surface area contributed by atoms with Crippen molar-refractivity contribution in [1.82, 2.24) is 15.2 Å². The Bertz CT molecular complexity index is 1290. The Hall–Kier alpha value is -4.25. The van der Waals surface area contributed by atoms with E-state index in [-0.39, 0.29) is 21.9 Å². The van der Waals surface area contributed by atoms with Crippen molar-refractivity contribution in [3.05, 3.63) is 83.6 Å². The minimum Gasteiger partial charge on any atom is -0.507 e. The number of carbonyl (C=O) groups is 2. The van der Waals surface area contributed by atoms with Crippen LogP contribution in [0.15, 0.2) is 60.8 Å². The zero-order valence-electron chi connectivity index (χ0n) is 16.0. The molecule has 0 aliphatic carbocycles. The molecule has 2 aromatic heterocycles. The monoisotopic (exact) mass is 453 g/mol. The standard InChI is InChI=1S/C21H13F2N5O3S/c22-12-7-11(8-13(23)9-12)18(30)25-14-4-5-15(17(29)10-14)19(31)26-21-28-27-20(32-21)16-3-1-2-6-24-16/h1-10,29H,(H,25,30)(H,26,28,31). The number of halogens is 2. The lowest BCUT2D eigenvalue weighted by molar-refractivity contribution is 0.101. The second kappa shape index (κ2) is 8.86. The molecule has 0 spiro atoms. The molecule has 0 saturated carbocycles. The SMILES string of the molecule is O=C(Nc1ccc(C(=O)Nc2nnc(-c3ccccn3)s2)c(O)c1)c1cc(F)cc(F)c1. The minimum atomic E-state index is -0.895. The minimum absolute atomic E-state index is 0.0746. The molecule has 11 heteroatoms. The number of aromatic nitrogens is 3. The van der Waals surface area contributed by atoms with Gasteiger partial charge in [0, 0.05) is 29.6 Å². The molecule has 0 aliphatic rings. The van der Waals surface area contributed by atoms with Gasteiger partial charge in [-0.05, 0) is 36.4 Å². The Morgan fingerprint density at radius 1 is 0.906 bits per heavy atom. The number of nitrogens with zero attached hydrogens (tertiary/aromatic N) is 3. The lowest BCUT2D eigenvalue weighted by atomic mass is 10.1. The van der Waals surface area contributed by atoms with Crippen LogP contribution in [-0.4, -0.2) is 32.1 Å². The number of benzene rings is 2. The van der Waals surface area contributed by atoms with Crippen molar-refractivity contribution < 1.29 is 23.5 Å². The summed E-state index contributed by atoms with van der Waals surface area (Å²) in [6.07, 6.45) is 1.61. The normalized spacial score (nSPS) is 10.6. The average molecular weight is 453 g/mol. The molecule has 0 saturated heterocycles. The Morgan fingerprint density at radius 2 is 1.69 bits per heavy atom. The summed E-state index contributed by atoms with van der Waals surface area (Å²) in [5.41, 5.74) is 0.423. The Kier molecular flexibility index (Phi) is 5.81. The van der Waals surface area contributed by atoms with E-state index >= 15 is 0 Å². The molecule has 0 atom stereocenters. The highest BCUT2D eigenvalue weighted by Gasteiger charge is 2.16. The van der Waals surface area contributed by atoms with Crippen molar-refractivity contribution in [3.8, 4) is 16.5 Å². The third-order valence-electron chi connectivity index (χ3n) is 4.15. The zero-order valence-corrected chi connectivity index (χ0v) is 16.9. The third kappa shape index (κ3) is 4.73. The van der Waals surface area contributed by atoms with Gasteiger partial charge in [0.2, 0.25) is 5.13 Å². The van der Waals surface area contributed by atoms with Gasteiger partial charge in [-0.25, -0.2) is 8.78 Å². The van der Waals surface area contributed by atoms with E-state index in [0.29, 0.717) is 16.8 Å². The Balaban J connectivity index is 1.45. The molecule has 0 radical (unpaired) electrons. The van der Waals surface area contributed by atoms with Gasteiger partial charge in [-0.2, -0.15) is 0 Å². The van der Waals surface area contributed by atoms with E-state index in [1.54, 1.807) is 24.4 Å². The summed E-state index contributed by atoms with van der Waals surface area (Å²) in [7, 11) is 0. The first-order valence-electron chi connectivity index (χ1n) is 9.06. The maximum atomic E-state index is 13.3. The molecule has 2 amide bonds. The molecule has 2 heterocycles. The first-order chi connectivity index (χ1) is 15.4. The number of amides is 2. The molecule has 160 valence electrons. The van der Waals surface area contributed by atoms with Crippen LogP contribution in [0.1, 0.15) is 20.7 Å². The fourth-order valence-electron chi connectivity index (χ4n) is 2.72. The summed E-state index contributed by atoms with van der Waals surface area (Å²) in [5.74, 6) is -3.63. The lowest BCUT2D eigenvalue weighted by Gasteiger charge is -2.09. The number of phenolic OH excluding ortho intramolecular Hbond substituents is 1. The van der Waals surface area contributed by atoms with E-state index in [0.717, 1.165) is 29.5 Å². The van der Waals surface area contributed by atoms with Crippen LogP contribution in [0.3, 0.4) is 0 Å². The number of aromatic hydroxyl groups is 1. The second-order valence-corrected chi connectivity index (χ2v) is 7.40. The fraction of sp³-hybridized carbons (Fsp3) is 0. The smallest absolute Gasteiger partial charge is 0.261 e. The third-order valence-corrected chi connectivity index (χ3v) is 5.02. The van der Waals surface area contributed by atoms with Gasteiger partial charge < -0.3 is 10.4 Å². The van der Waals surface area contributed by atoms with E-state index in [9.17, 15) is 23.5 Å². The summed E-state index contributed by atoms with van der Waals surface area (Å²) in [6.45, 7) is 0. The maximum absolute atomic E-state index is 13.3. The molecule has 0 fully saturated rings. The Morgan fingerprint density at radius 3 is 2.38 bits per heavy atom. The van der Waals surface area contributed by atoms with Crippen molar-refractivity contribution in [2.45, 2.75) is 0 Å². The molecule has 0 unspecified atom stereocenters. The van der Waals surface area contributed by atoms with Gasteiger partial charge in [-0.1, -0.05) is 17.4 Å². The van der Waals surface area contributed by atoms with Gasteiger partial charge in [0.15, 0.2) is 5.01 Å². The fourth-order valence-corrected chi connectivity index (χ4v) is 3.44. The number of rotatable bonds is 5. The van der Waals surface area contributed by atoms with Crippen molar-refractivity contribution in [1.29, 1.82) is 0 Å². The van der Waals surface area contributed by atoms with E-state index in [1.165, 1.54) is 12.1 Å². The first-order valence-corrected chi connectivity index (χ1v) is 9.87. The van der Waals surface area contributed by atoms with Gasteiger partial charge in [0.25, 0.3) is 11.8 Å². The zero-order chi connectivity index (χ0) is 22.7. The van der Waals surface area contributed by atoms with Crippen LogP contribution in [0.2, 0.25) is 0 Å². The summed E-state index contributed by atoms with van der Waals surface area (Å²) < 4.78 is 26.6. The molecule has 3 N–H and O–H groups in total. The van der Waals surface area contributed by atoms with Gasteiger partial charge in [-0.15, -0.1) is 10.2 Å². The van der Waals surface area contributed by atoms with E-state index in [2.05, 4.69) is 25.8 Å². The van der Waals surface area contributed by atoms with Crippen LogP contribution in [0.4, 0.5) is 19.6 Å². The highest BCUT2D eigenvalue weighted by Crippen LogP contribution is 2.27. The molecule has 0 aliphatic heterocycles. The lowest BCUT2D eigenvalue weighted by Crippen LogP contribution is -2.14. The molecule has 2 aromatic carbocycles. The van der Waals surface area contributed by atoms with Crippen molar-refractivity contribution in [2.24, 2.45) is 0 Å². The first kappa shape index (κ1) is 21.0. The highest BCUT2D eigenvalue weighted by atomic mass is 32.1. The summed E-state index contributed by atoms with van der Waals surface area (Å²) in [6, 6.07) is 11.5. The van der Waals surface area contributed by atoms with Crippen molar-refractivity contribution in [3.63, 3.8) is 0 Å². The topological polar surface area (TPSA) is 117 Å². The van der Waals surface area contributed by atoms with Crippen LogP contribution in [0.5, 0.6) is 5.75 Å². The van der Waals surface area contributed by atoms with E-state index < -0.39 is 29.2 Å². The van der Waals surface area contributed by atoms with Gasteiger partial charge in [0.05, 0.1) is 5.56 Å². The molecule has 32 heavy (non-hydrogen) atoms. The summed E-state index contributed by atoms with van der Waals surface area (Å²) >= 11 is 1.11. The molecule has 4 rings (SSSR count). The number of carbonyl (C=O) groups excluding carboxylic acids is 2.